The Kier molecular flexibility index (Phi) is 3.82. The number of aliphatic hydroxyl groups excluding tert-OH is 1. The molecule has 3 N–H and O–H groups in total. The number of hydrogen-bond acceptors (Lipinski definition) is 4. The molecule has 0 aromatic carbocycles. The molecule has 1 heterocycles. The van der Waals surface area contributed by atoms with E-state index < -0.39 is 17.8 Å². The summed E-state index contributed by atoms with van der Waals surface area (Å²) in [6.45, 7) is 6.93. The molecule has 1 aliphatic carbocycles. The van der Waals surface area contributed by atoms with E-state index >= 15 is 0 Å². The van der Waals surface area contributed by atoms with Gasteiger partial charge in [-0.2, -0.15) is 0 Å². The van der Waals surface area contributed by atoms with Gasteiger partial charge in [-0.05, 0) is 39.5 Å². The molecule has 0 spiro atoms. The van der Waals surface area contributed by atoms with Crippen molar-refractivity contribution in [3.63, 3.8) is 0 Å². The summed E-state index contributed by atoms with van der Waals surface area (Å²) < 4.78 is 5.21. The van der Waals surface area contributed by atoms with Gasteiger partial charge in [-0.15, -0.1) is 0 Å². The molecule has 104 valence electrons. The van der Waals surface area contributed by atoms with Crippen molar-refractivity contribution >= 4 is 6.09 Å². The fraction of sp³-hybridized carbons (Fsp3) is 0.923. The highest BCUT2D eigenvalue weighted by Gasteiger charge is 2.41. The van der Waals surface area contributed by atoms with Crippen LogP contribution < -0.4 is 10.6 Å². The quantitative estimate of drug-likeness (QED) is 0.685. The van der Waals surface area contributed by atoms with Crippen LogP contribution in [0.5, 0.6) is 0 Å². The lowest BCUT2D eigenvalue weighted by molar-refractivity contribution is 0.0180. The van der Waals surface area contributed by atoms with Crippen LogP contribution in [0, 0.1) is 11.8 Å². The lowest BCUT2D eigenvalue weighted by Crippen LogP contribution is -2.58. The maximum Gasteiger partial charge on any atom is 0.408 e. The molecule has 1 saturated carbocycles. The van der Waals surface area contributed by atoms with Crippen LogP contribution in [0.1, 0.15) is 33.6 Å². The Labute approximate surface area is 108 Å². The number of rotatable bonds is 2. The van der Waals surface area contributed by atoms with E-state index in [1.54, 1.807) is 0 Å². The smallest absolute Gasteiger partial charge is 0.408 e. The number of hydrogen-bond donors (Lipinski definition) is 3. The van der Waals surface area contributed by atoms with E-state index in [4.69, 9.17) is 4.74 Å². The topological polar surface area (TPSA) is 70.6 Å². The first kappa shape index (κ1) is 13.6. The Balaban J connectivity index is 1.86. The van der Waals surface area contributed by atoms with E-state index in [0.29, 0.717) is 12.5 Å². The van der Waals surface area contributed by atoms with Gasteiger partial charge in [-0.3, -0.25) is 0 Å². The van der Waals surface area contributed by atoms with Gasteiger partial charge in [0.25, 0.3) is 0 Å². The maximum atomic E-state index is 11.7. The Hall–Kier alpha value is -0.810. The molecule has 5 nitrogen and oxygen atoms in total. The van der Waals surface area contributed by atoms with Crippen LogP contribution >= 0.6 is 0 Å². The summed E-state index contributed by atoms with van der Waals surface area (Å²) >= 11 is 0. The predicted octanol–water partition coefficient (Wildman–Crippen LogP) is 0.870. The maximum absolute atomic E-state index is 11.7. The summed E-state index contributed by atoms with van der Waals surface area (Å²) in [6, 6.07) is -0.251. The zero-order chi connectivity index (χ0) is 13.3. The molecule has 18 heavy (non-hydrogen) atoms. The summed E-state index contributed by atoms with van der Waals surface area (Å²) in [5, 5.41) is 16.3. The highest BCUT2D eigenvalue weighted by Crippen LogP contribution is 2.39. The van der Waals surface area contributed by atoms with Crippen LogP contribution in [-0.2, 0) is 4.74 Å². The molecule has 1 aliphatic heterocycles. The molecule has 1 saturated heterocycles. The molecule has 3 atom stereocenters. The van der Waals surface area contributed by atoms with Gasteiger partial charge in [0.2, 0.25) is 0 Å². The van der Waals surface area contributed by atoms with Crippen LogP contribution in [0.15, 0.2) is 0 Å². The molecule has 0 aromatic rings. The van der Waals surface area contributed by atoms with Crippen molar-refractivity contribution in [1.82, 2.24) is 10.6 Å². The lowest BCUT2D eigenvalue weighted by atomic mass is 9.88. The summed E-state index contributed by atoms with van der Waals surface area (Å²) in [7, 11) is 0. The van der Waals surface area contributed by atoms with E-state index in [2.05, 4.69) is 10.6 Å². The van der Waals surface area contributed by atoms with Crippen molar-refractivity contribution < 1.29 is 14.6 Å². The van der Waals surface area contributed by atoms with Crippen LogP contribution in [0.4, 0.5) is 4.79 Å². The highest BCUT2D eigenvalue weighted by atomic mass is 16.6. The van der Waals surface area contributed by atoms with Crippen LogP contribution in [-0.4, -0.2) is 42.0 Å². The summed E-state index contributed by atoms with van der Waals surface area (Å²) in [4.78, 5) is 11.7. The Bertz CT molecular complexity index is 310. The van der Waals surface area contributed by atoms with Crippen LogP contribution in [0.25, 0.3) is 0 Å². The van der Waals surface area contributed by atoms with Gasteiger partial charge in [0.1, 0.15) is 5.60 Å². The van der Waals surface area contributed by atoms with Gasteiger partial charge in [0.05, 0.1) is 12.1 Å². The Morgan fingerprint density at radius 1 is 1.33 bits per heavy atom. The number of piperidine rings is 1. The van der Waals surface area contributed by atoms with Crippen molar-refractivity contribution in [1.29, 1.82) is 0 Å². The molecule has 2 fully saturated rings. The van der Waals surface area contributed by atoms with Gasteiger partial charge < -0.3 is 20.5 Å². The van der Waals surface area contributed by atoms with E-state index in [1.807, 2.05) is 20.8 Å². The third-order valence-electron chi connectivity index (χ3n) is 3.52. The largest absolute Gasteiger partial charge is 0.444 e. The van der Waals surface area contributed by atoms with Gasteiger partial charge in [0, 0.05) is 19.0 Å². The fourth-order valence-corrected chi connectivity index (χ4v) is 2.51. The number of amides is 1. The molecule has 2 rings (SSSR count). The number of alkyl carbamates (subject to hydrolysis) is 1. The summed E-state index contributed by atoms with van der Waals surface area (Å²) in [5.74, 6) is 0.884. The number of ether oxygens (including phenoxy) is 1. The average Bonchev–Trinajstić information content (AvgIpc) is 3.02. The fourth-order valence-electron chi connectivity index (χ4n) is 2.51. The lowest BCUT2D eigenvalue weighted by Gasteiger charge is -2.36. The molecule has 0 bridgehead atoms. The first-order chi connectivity index (χ1) is 8.37. The Morgan fingerprint density at radius 3 is 2.56 bits per heavy atom. The molecule has 2 aliphatic rings. The second-order valence-corrected chi connectivity index (χ2v) is 6.40. The van der Waals surface area contributed by atoms with Gasteiger partial charge in [0.15, 0.2) is 0 Å². The molecule has 5 heteroatoms. The number of carbonyl (C=O) groups is 1. The summed E-state index contributed by atoms with van der Waals surface area (Å²) in [5.41, 5.74) is -0.507. The molecule has 0 aromatic heterocycles. The highest BCUT2D eigenvalue weighted by molar-refractivity contribution is 5.68. The van der Waals surface area contributed by atoms with Crippen molar-refractivity contribution in [2.75, 3.05) is 13.1 Å². The van der Waals surface area contributed by atoms with E-state index in [1.165, 1.54) is 12.8 Å². The normalized spacial score (nSPS) is 33.0. The Morgan fingerprint density at radius 2 is 2.00 bits per heavy atom. The number of carbonyl (C=O) groups excluding carboxylic acids is 1. The molecular weight excluding hydrogens is 232 g/mol. The molecule has 1 amide bonds. The number of aliphatic hydroxyl groups is 1. The van der Waals surface area contributed by atoms with Gasteiger partial charge >= 0.3 is 6.09 Å². The minimum absolute atomic E-state index is 0.251. The minimum atomic E-state index is -0.507. The van der Waals surface area contributed by atoms with E-state index in [-0.39, 0.29) is 12.0 Å². The van der Waals surface area contributed by atoms with Crippen molar-refractivity contribution in [3.8, 4) is 0 Å². The van der Waals surface area contributed by atoms with E-state index in [9.17, 15) is 9.90 Å². The van der Waals surface area contributed by atoms with Crippen molar-refractivity contribution in [2.24, 2.45) is 11.8 Å². The van der Waals surface area contributed by atoms with Crippen LogP contribution in [0.2, 0.25) is 0 Å². The zero-order valence-corrected chi connectivity index (χ0v) is 11.4. The predicted molar refractivity (Wildman–Crippen MR) is 68.2 cm³/mol. The van der Waals surface area contributed by atoms with Crippen molar-refractivity contribution in [3.05, 3.63) is 0 Å². The van der Waals surface area contributed by atoms with E-state index in [0.717, 1.165) is 6.54 Å². The van der Waals surface area contributed by atoms with Gasteiger partial charge in [-0.25, -0.2) is 4.79 Å². The third kappa shape index (κ3) is 3.59. The second kappa shape index (κ2) is 5.05. The van der Waals surface area contributed by atoms with Crippen LogP contribution in [0.3, 0.4) is 0 Å². The second-order valence-electron chi connectivity index (χ2n) is 6.40. The van der Waals surface area contributed by atoms with Crippen molar-refractivity contribution in [2.45, 2.75) is 51.4 Å². The average molecular weight is 256 g/mol. The minimum Gasteiger partial charge on any atom is -0.444 e. The monoisotopic (exact) mass is 256 g/mol. The SMILES string of the molecule is CC(C)(C)OC(=O)NC1CNCC(C2CC2)C1O. The zero-order valence-electron chi connectivity index (χ0n) is 11.4. The summed E-state index contributed by atoms with van der Waals surface area (Å²) in [6.07, 6.45) is 1.47. The third-order valence-corrected chi connectivity index (χ3v) is 3.52. The van der Waals surface area contributed by atoms with Gasteiger partial charge in [-0.1, -0.05) is 0 Å². The first-order valence-corrected chi connectivity index (χ1v) is 6.75. The molecule has 0 radical (unpaired) electrons. The first-order valence-electron chi connectivity index (χ1n) is 6.75. The standard InChI is InChI=1S/C13H24N2O3/c1-13(2,3)18-12(17)15-10-7-14-6-9(11(10)16)8-4-5-8/h8-11,14,16H,4-7H2,1-3H3,(H,15,17). The molecule has 3 unspecified atom stereocenters. The molecular formula is C13H24N2O3. The number of nitrogens with one attached hydrogen (secondary N) is 2.